The smallest absolute Gasteiger partial charge is 0.277 e. The number of hydroxylamine groups is 1. The van der Waals surface area contributed by atoms with E-state index in [0.29, 0.717) is 12.0 Å². The van der Waals surface area contributed by atoms with Gasteiger partial charge in [-0.05, 0) is 12.5 Å². The van der Waals surface area contributed by atoms with E-state index < -0.39 is 5.91 Å². The summed E-state index contributed by atoms with van der Waals surface area (Å²) in [6.07, 6.45) is 7.23. The molecule has 27 heavy (non-hydrogen) atoms. The van der Waals surface area contributed by atoms with Gasteiger partial charge in [-0.2, -0.15) is 0 Å². The quantitative estimate of drug-likeness (QED) is 0.622. The molecule has 1 aliphatic rings. The number of benzene rings is 1. The maximum absolute atomic E-state index is 11.3. The Morgan fingerprint density at radius 2 is 1.78 bits per heavy atom. The van der Waals surface area contributed by atoms with E-state index in [1.165, 1.54) is 18.0 Å². The highest BCUT2D eigenvalue weighted by Gasteiger charge is 2.21. The number of hydrogen-bond acceptors (Lipinski definition) is 6. The standard InChI is InChI=1S/C19H23N5O2.CH4/c1-15(7-8-16-5-3-2-4-6-16)23-9-11-24(12-10-23)19-20-13-17(14-21-19)18(25)22-26;/h2-8,13-15,26H,9-12H2,1H3,(H,22,25);1H4/b8-7+;. The molecule has 1 amide bonds. The molecule has 7 heteroatoms. The largest absolute Gasteiger partial charge is 0.338 e. The predicted molar refractivity (Wildman–Crippen MR) is 107 cm³/mol. The summed E-state index contributed by atoms with van der Waals surface area (Å²) in [5.41, 5.74) is 3.01. The lowest BCUT2D eigenvalue weighted by Gasteiger charge is -2.37. The average molecular weight is 369 g/mol. The SMILES string of the molecule is C.CC(/C=C/c1ccccc1)N1CCN(c2ncc(C(=O)NO)cn2)CC1. The predicted octanol–water partition coefficient (Wildman–Crippen LogP) is 2.46. The number of carbonyl (C=O) groups excluding carboxylic acids is 1. The van der Waals surface area contributed by atoms with E-state index >= 15 is 0 Å². The van der Waals surface area contributed by atoms with E-state index in [1.807, 2.05) is 18.2 Å². The van der Waals surface area contributed by atoms with Gasteiger partial charge in [0, 0.05) is 44.6 Å². The minimum Gasteiger partial charge on any atom is -0.338 e. The molecular formula is C20H27N5O2. The fraction of sp³-hybridized carbons (Fsp3) is 0.350. The zero-order valence-electron chi connectivity index (χ0n) is 14.7. The third-order valence-electron chi connectivity index (χ3n) is 4.54. The fourth-order valence-electron chi connectivity index (χ4n) is 2.93. The van der Waals surface area contributed by atoms with E-state index in [0.717, 1.165) is 26.2 Å². The van der Waals surface area contributed by atoms with Gasteiger partial charge in [-0.25, -0.2) is 15.4 Å². The van der Waals surface area contributed by atoms with Gasteiger partial charge in [-0.15, -0.1) is 0 Å². The van der Waals surface area contributed by atoms with Gasteiger partial charge in [0.05, 0.1) is 5.56 Å². The third-order valence-corrected chi connectivity index (χ3v) is 4.54. The van der Waals surface area contributed by atoms with Crippen molar-refractivity contribution < 1.29 is 10.0 Å². The molecular weight excluding hydrogens is 342 g/mol. The first-order chi connectivity index (χ1) is 12.7. The number of rotatable bonds is 5. The maximum atomic E-state index is 11.3. The van der Waals surface area contributed by atoms with Crippen LogP contribution in [0.3, 0.4) is 0 Å². The number of nitrogens with one attached hydrogen (secondary N) is 1. The van der Waals surface area contributed by atoms with Crippen LogP contribution in [0.15, 0.2) is 48.8 Å². The van der Waals surface area contributed by atoms with Crippen LogP contribution >= 0.6 is 0 Å². The van der Waals surface area contributed by atoms with E-state index in [2.05, 4.69) is 51.0 Å². The molecule has 1 atom stereocenters. The normalized spacial score (nSPS) is 16.0. The number of anilines is 1. The minimum absolute atomic E-state index is 0. The summed E-state index contributed by atoms with van der Waals surface area (Å²) in [6.45, 7) is 5.70. The molecule has 1 saturated heterocycles. The second-order valence-corrected chi connectivity index (χ2v) is 6.25. The van der Waals surface area contributed by atoms with Crippen LogP contribution in [-0.4, -0.2) is 58.2 Å². The van der Waals surface area contributed by atoms with Crippen LogP contribution in [0.2, 0.25) is 0 Å². The highest BCUT2D eigenvalue weighted by molar-refractivity contribution is 5.92. The van der Waals surface area contributed by atoms with Crippen molar-refractivity contribution in [2.24, 2.45) is 0 Å². The van der Waals surface area contributed by atoms with E-state index in [1.54, 1.807) is 5.48 Å². The molecule has 1 aliphatic heterocycles. The van der Waals surface area contributed by atoms with E-state index in [9.17, 15) is 4.79 Å². The van der Waals surface area contributed by atoms with Crippen molar-refractivity contribution in [2.45, 2.75) is 20.4 Å². The Bertz CT molecular complexity index is 741. The zero-order valence-corrected chi connectivity index (χ0v) is 14.7. The number of piperazine rings is 1. The van der Waals surface area contributed by atoms with Crippen molar-refractivity contribution in [1.82, 2.24) is 20.3 Å². The summed E-state index contributed by atoms with van der Waals surface area (Å²) < 4.78 is 0. The topological polar surface area (TPSA) is 81.6 Å². The van der Waals surface area contributed by atoms with Crippen molar-refractivity contribution in [3.8, 4) is 0 Å². The lowest BCUT2D eigenvalue weighted by molar-refractivity contribution is 0.0705. The molecule has 0 radical (unpaired) electrons. The van der Waals surface area contributed by atoms with Crippen LogP contribution in [0.25, 0.3) is 6.08 Å². The summed E-state index contributed by atoms with van der Waals surface area (Å²) >= 11 is 0. The molecule has 144 valence electrons. The number of hydrogen-bond donors (Lipinski definition) is 2. The summed E-state index contributed by atoms with van der Waals surface area (Å²) in [4.78, 5) is 24.3. The monoisotopic (exact) mass is 369 g/mol. The van der Waals surface area contributed by atoms with Crippen molar-refractivity contribution in [2.75, 3.05) is 31.1 Å². The van der Waals surface area contributed by atoms with Crippen LogP contribution in [0.5, 0.6) is 0 Å². The molecule has 1 fully saturated rings. The highest BCUT2D eigenvalue weighted by Crippen LogP contribution is 2.14. The number of amides is 1. The molecule has 0 bridgehead atoms. The second kappa shape index (κ2) is 9.80. The summed E-state index contributed by atoms with van der Waals surface area (Å²) in [7, 11) is 0. The zero-order chi connectivity index (χ0) is 18.4. The summed E-state index contributed by atoms with van der Waals surface area (Å²) in [5.74, 6) is -0.00739. The van der Waals surface area contributed by atoms with Crippen molar-refractivity contribution >= 4 is 17.9 Å². The lowest BCUT2D eigenvalue weighted by Crippen LogP contribution is -2.49. The number of carbonyl (C=O) groups is 1. The van der Waals surface area contributed by atoms with Crippen LogP contribution in [0, 0.1) is 0 Å². The molecule has 7 nitrogen and oxygen atoms in total. The van der Waals surface area contributed by atoms with Gasteiger partial charge in [-0.3, -0.25) is 14.9 Å². The summed E-state index contributed by atoms with van der Waals surface area (Å²) in [6, 6.07) is 10.6. The van der Waals surface area contributed by atoms with Gasteiger partial charge >= 0.3 is 0 Å². The second-order valence-electron chi connectivity index (χ2n) is 6.25. The number of nitrogens with zero attached hydrogens (tertiary/aromatic N) is 4. The van der Waals surface area contributed by atoms with Gasteiger partial charge in [0.1, 0.15) is 0 Å². The Morgan fingerprint density at radius 3 is 2.37 bits per heavy atom. The van der Waals surface area contributed by atoms with Crippen LogP contribution in [0.1, 0.15) is 30.3 Å². The molecule has 2 N–H and O–H groups in total. The maximum Gasteiger partial charge on any atom is 0.277 e. The fourth-order valence-corrected chi connectivity index (χ4v) is 2.93. The van der Waals surface area contributed by atoms with Crippen LogP contribution in [0.4, 0.5) is 5.95 Å². The minimum atomic E-state index is -0.611. The number of aromatic nitrogens is 2. The molecule has 2 heterocycles. The first kappa shape index (κ1) is 20.5. The van der Waals surface area contributed by atoms with Gasteiger partial charge in [0.2, 0.25) is 5.95 Å². The molecule has 1 aromatic heterocycles. The van der Waals surface area contributed by atoms with E-state index in [-0.39, 0.29) is 13.0 Å². The summed E-state index contributed by atoms with van der Waals surface area (Å²) in [5, 5.41) is 8.63. The van der Waals surface area contributed by atoms with Crippen molar-refractivity contribution in [3.05, 3.63) is 59.9 Å². The molecule has 0 aliphatic carbocycles. The Labute approximate surface area is 160 Å². The Hall–Kier alpha value is -2.77. The first-order valence-corrected chi connectivity index (χ1v) is 8.66. The van der Waals surface area contributed by atoms with Gasteiger partial charge < -0.3 is 4.90 Å². The average Bonchev–Trinajstić information content (AvgIpc) is 2.72. The van der Waals surface area contributed by atoms with E-state index in [4.69, 9.17) is 5.21 Å². The highest BCUT2D eigenvalue weighted by atomic mass is 16.5. The van der Waals surface area contributed by atoms with Gasteiger partial charge in [0.25, 0.3) is 5.91 Å². The molecule has 1 unspecified atom stereocenters. The van der Waals surface area contributed by atoms with Crippen LogP contribution in [-0.2, 0) is 0 Å². The lowest BCUT2D eigenvalue weighted by atomic mass is 10.1. The molecule has 3 rings (SSSR count). The molecule has 0 saturated carbocycles. The van der Waals surface area contributed by atoms with Gasteiger partial charge in [-0.1, -0.05) is 49.9 Å². The molecule has 1 aromatic carbocycles. The Morgan fingerprint density at radius 1 is 1.15 bits per heavy atom. The molecule has 0 spiro atoms. The Kier molecular flexibility index (Phi) is 7.45. The third kappa shape index (κ3) is 5.35. The van der Waals surface area contributed by atoms with Crippen molar-refractivity contribution in [1.29, 1.82) is 0 Å². The Balaban J connectivity index is 0.00000261. The van der Waals surface area contributed by atoms with Crippen molar-refractivity contribution in [3.63, 3.8) is 0 Å². The molecule has 2 aromatic rings. The van der Waals surface area contributed by atoms with Crippen LogP contribution < -0.4 is 10.4 Å². The van der Waals surface area contributed by atoms with Gasteiger partial charge in [0.15, 0.2) is 0 Å². The first-order valence-electron chi connectivity index (χ1n) is 8.66.